The molecule has 0 aliphatic carbocycles. The smallest absolute Gasteiger partial charge is 0.267 e. The van der Waals surface area contributed by atoms with E-state index in [0.29, 0.717) is 29.8 Å². The summed E-state index contributed by atoms with van der Waals surface area (Å²) < 4.78 is 0.363. The van der Waals surface area contributed by atoms with Gasteiger partial charge in [0.1, 0.15) is 4.47 Å². The van der Waals surface area contributed by atoms with E-state index in [2.05, 4.69) is 37.0 Å². The lowest BCUT2D eigenvalue weighted by atomic mass is 10.2. The Morgan fingerprint density at radius 3 is 3.05 bits per heavy atom. The van der Waals surface area contributed by atoms with E-state index in [4.69, 9.17) is 5.26 Å². The number of hydrogen-bond acceptors (Lipinski definition) is 5. The minimum Gasteiger partial charge on any atom is -0.350 e. The molecule has 2 heterocycles. The van der Waals surface area contributed by atoms with Gasteiger partial charge in [-0.1, -0.05) is 6.07 Å². The molecule has 0 fully saturated rings. The third-order valence-corrected chi connectivity index (χ3v) is 3.38. The highest BCUT2D eigenvalue weighted by molar-refractivity contribution is 9.10. The monoisotopic (exact) mass is 333 g/mol. The molecule has 0 aliphatic rings. The fourth-order valence-corrected chi connectivity index (χ4v) is 2.22. The number of H-pyrrole nitrogens is 1. The summed E-state index contributed by atoms with van der Waals surface area (Å²) in [5.74, 6) is 0.521. The van der Waals surface area contributed by atoms with Crippen LogP contribution in [0.2, 0.25) is 0 Å². The van der Waals surface area contributed by atoms with Crippen molar-refractivity contribution in [2.45, 2.75) is 13.0 Å². The van der Waals surface area contributed by atoms with Gasteiger partial charge in [0.25, 0.3) is 5.56 Å². The van der Waals surface area contributed by atoms with Crippen molar-refractivity contribution < 1.29 is 0 Å². The van der Waals surface area contributed by atoms with Crippen LogP contribution in [0.1, 0.15) is 12.0 Å². The summed E-state index contributed by atoms with van der Waals surface area (Å²) >= 11 is 3.24. The molecule has 0 saturated carbocycles. The fraction of sp³-hybridized carbons (Fsp3) is 0.231. The first-order valence-electron chi connectivity index (χ1n) is 5.96. The number of halogens is 1. The topological polar surface area (TPSA) is 85.7 Å². The Morgan fingerprint density at radius 2 is 2.35 bits per heavy atom. The molecular weight excluding hydrogens is 322 g/mol. The molecule has 20 heavy (non-hydrogen) atoms. The Labute approximate surface area is 124 Å². The lowest BCUT2D eigenvalue weighted by molar-refractivity contribution is 0.772. The van der Waals surface area contributed by atoms with E-state index < -0.39 is 0 Å². The normalized spacial score (nSPS) is 10.0. The molecule has 0 atom stereocenters. The first-order chi connectivity index (χ1) is 9.72. The molecule has 7 heteroatoms. The summed E-state index contributed by atoms with van der Waals surface area (Å²) in [6, 6.07) is 5.88. The first kappa shape index (κ1) is 14.2. The minimum absolute atomic E-state index is 0.247. The Kier molecular flexibility index (Phi) is 4.85. The third kappa shape index (κ3) is 3.42. The van der Waals surface area contributed by atoms with Gasteiger partial charge < -0.3 is 9.88 Å². The number of nitrogens with zero attached hydrogens (tertiary/aromatic N) is 4. The maximum absolute atomic E-state index is 11.6. The van der Waals surface area contributed by atoms with Gasteiger partial charge >= 0.3 is 0 Å². The minimum atomic E-state index is -0.247. The van der Waals surface area contributed by atoms with Gasteiger partial charge in [0.15, 0.2) is 5.82 Å². The summed E-state index contributed by atoms with van der Waals surface area (Å²) in [4.78, 5) is 24.2. The quantitative estimate of drug-likeness (QED) is 0.902. The van der Waals surface area contributed by atoms with Gasteiger partial charge in [-0.05, 0) is 27.6 Å². The van der Waals surface area contributed by atoms with Crippen molar-refractivity contribution in [2.75, 3.05) is 11.4 Å². The van der Waals surface area contributed by atoms with Crippen LogP contribution in [0.15, 0.2) is 40.1 Å². The highest BCUT2D eigenvalue weighted by Gasteiger charge is 2.14. The molecule has 2 aromatic heterocycles. The van der Waals surface area contributed by atoms with Gasteiger partial charge in [0.05, 0.1) is 18.8 Å². The molecule has 1 N–H and O–H groups in total. The average molecular weight is 334 g/mol. The molecule has 0 spiro atoms. The predicted molar refractivity (Wildman–Crippen MR) is 78.1 cm³/mol. The summed E-state index contributed by atoms with van der Waals surface area (Å²) in [7, 11) is 0. The van der Waals surface area contributed by atoms with E-state index in [1.807, 2.05) is 17.0 Å². The number of aromatic nitrogens is 3. The van der Waals surface area contributed by atoms with Crippen molar-refractivity contribution in [3.05, 3.63) is 51.2 Å². The molecule has 6 nitrogen and oxygen atoms in total. The lowest BCUT2D eigenvalue weighted by Gasteiger charge is -2.23. The molecule has 0 aromatic carbocycles. The highest BCUT2D eigenvalue weighted by Crippen LogP contribution is 2.21. The van der Waals surface area contributed by atoms with Crippen LogP contribution in [-0.2, 0) is 6.54 Å². The predicted octanol–water partition coefficient (Wildman–Crippen LogP) is 1.85. The van der Waals surface area contributed by atoms with E-state index in [-0.39, 0.29) is 5.56 Å². The van der Waals surface area contributed by atoms with Gasteiger partial charge in [-0.25, -0.2) is 4.98 Å². The molecule has 0 saturated heterocycles. The average Bonchev–Trinajstić information content (AvgIpc) is 2.48. The molecular formula is C13H12BrN5O. The van der Waals surface area contributed by atoms with Gasteiger partial charge in [-0.15, -0.1) is 0 Å². The van der Waals surface area contributed by atoms with Gasteiger partial charge in [0.2, 0.25) is 0 Å². The van der Waals surface area contributed by atoms with Crippen LogP contribution in [0, 0.1) is 11.3 Å². The van der Waals surface area contributed by atoms with E-state index in [0.717, 1.165) is 5.56 Å². The van der Waals surface area contributed by atoms with Crippen molar-refractivity contribution in [2.24, 2.45) is 0 Å². The van der Waals surface area contributed by atoms with Gasteiger partial charge in [0, 0.05) is 25.5 Å². The second kappa shape index (κ2) is 6.82. The molecule has 0 unspecified atom stereocenters. The van der Waals surface area contributed by atoms with Crippen LogP contribution >= 0.6 is 15.9 Å². The summed E-state index contributed by atoms with van der Waals surface area (Å²) in [5, 5.41) is 8.76. The van der Waals surface area contributed by atoms with Crippen LogP contribution in [0.5, 0.6) is 0 Å². The number of hydrogen-bond donors (Lipinski definition) is 1. The molecule has 0 radical (unpaired) electrons. The molecule has 0 bridgehead atoms. The SMILES string of the molecule is N#CCCN(Cc1cccnc1)c1nc[nH]c(=O)c1Br. The molecule has 0 aliphatic heterocycles. The Hall–Kier alpha value is -2.20. The second-order valence-corrected chi connectivity index (χ2v) is 4.85. The Morgan fingerprint density at radius 1 is 1.50 bits per heavy atom. The number of nitriles is 1. The van der Waals surface area contributed by atoms with Gasteiger partial charge in [-0.2, -0.15) is 5.26 Å². The Balaban J connectivity index is 2.30. The largest absolute Gasteiger partial charge is 0.350 e. The van der Waals surface area contributed by atoms with Crippen molar-refractivity contribution in [3.8, 4) is 6.07 Å². The van der Waals surface area contributed by atoms with Crippen molar-refractivity contribution in [3.63, 3.8) is 0 Å². The van der Waals surface area contributed by atoms with Crippen LogP contribution in [-0.4, -0.2) is 21.5 Å². The molecule has 2 aromatic rings. The zero-order valence-electron chi connectivity index (χ0n) is 10.6. The number of rotatable bonds is 5. The zero-order chi connectivity index (χ0) is 14.4. The van der Waals surface area contributed by atoms with E-state index in [1.165, 1.54) is 6.33 Å². The summed E-state index contributed by atoms with van der Waals surface area (Å²) in [6.45, 7) is 1.02. The van der Waals surface area contributed by atoms with E-state index >= 15 is 0 Å². The van der Waals surface area contributed by atoms with E-state index in [1.54, 1.807) is 12.4 Å². The van der Waals surface area contributed by atoms with Crippen LogP contribution in [0.3, 0.4) is 0 Å². The second-order valence-electron chi connectivity index (χ2n) is 4.06. The highest BCUT2D eigenvalue weighted by atomic mass is 79.9. The molecule has 0 amide bonds. The van der Waals surface area contributed by atoms with Crippen LogP contribution < -0.4 is 10.5 Å². The number of anilines is 1. The van der Waals surface area contributed by atoms with Crippen molar-refractivity contribution in [1.82, 2.24) is 15.0 Å². The zero-order valence-corrected chi connectivity index (χ0v) is 12.2. The lowest BCUT2D eigenvalue weighted by Crippen LogP contribution is -2.27. The van der Waals surface area contributed by atoms with Crippen LogP contribution in [0.4, 0.5) is 5.82 Å². The number of nitrogens with one attached hydrogen (secondary N) is 1. The fourth-order valence-electron chi connectivity index (χ4n) is 1.75. The van der Waals surface area contributed by atoms with Crippen molar-refractivity contribution in [1.29, 1.82) is 5.26 Å². The maximum Gasteiger partial charge on any atom is 0.267 e. The Bertz CT molecular complexity index is 664. The standard InChI is InChI=1S/C13H12BrN5O/c14-11-12(17-9-18-13(11)20)19(6-2-4-15)8-10-3-1-5-16-7-10/h1,3,5,7,9H,2,6,8H2,(H,17,18,20). The third-order valence-electron chi connectivity index (χ3n) is 2.67. The van der Waals surface area contributed by atoms with Crippen LogP contribution in [0.25, 0.3) is 0 Å². The first-order valence-corrected chi connectivity index (χ1v) is 6.75. The molecule has 2 rings (SSSR count). The molecule has 102 valence electrons. The maximum atomic E-state index is 11.6. The number of aromatic amines is 1. The van der Waals surface area contributed by atoms with Crippen molar-refractivity contribution >= 4 is 21.7 Å². The number of pyridine rings is 1. The van der Waals surface area contributed by atoms with E-state index in [9.17, 15) is 4.79 Å². The van der Waals surface area contributed by atoms with Gasteiger partial charge in [-0.3, -0.25) is 9.78 Å². The summed E-state index contributed by atoms with van der Waals surface area (Å²) in [5.41, 5.74) is 0.738. The summed E-state index contributed by atoms with van der Waals surface area (Å²) in [6.07, 6.45) is 5.15.